The molecule has 0 spiro atoms. The van der Waals surface area contributed by atoms with Crippen molar-refractivity contribution in [2.45, 2.75) is 13.5 Å². The summed E-state index contributed by atoms with van der Waals surface area (Å²) in [5.41, 5.74) is 0.891. The van der Waals surface area contributed by atoms with Crippen molar-refractivity contribution in [2.75, 3.05) is 18.1 Å². The van der Waals surface area contributed by atoms with E-state index in [1.165, 1.54) is 19.3 Å². The first-order chi connectivity index (χ1) is 11.3. The second kappa shape index (κ2) is 7.41. The molecule has 1 N–H and O–H groups in total. The van der Waals surface area contributed by atoms with E-state index in [-0.39, 0.29) is 18.9 Å². The molecule has 0 radical (unpaired) electrons. The average molecular weight is 350 g/mol. The molecule has 0 saturated carbocycles. The first kappa shape index (κ1) is 17.9. The molecule has 128 valence electrons. The molecule has 0 aliphatic heterocycles. The van der Waals surface area contributed by atoms with Gasteiger partial charge in [0.25, 0.3) is 0 Å². The predicted octanol–water partition coefficient (Wildman–Crippen LogP) is 1.88. The molecule has 1 aromatic heterocycles. The van der Waals surface area contributed by atoms with E-state index in [1.54, 1.807) is 30.3 Å². The molecule has 1 heterocycles. The smallest absolute Gasteiger partial charge is 0.239 e. The molecule has 7 nitrogen and oxygen atoms in total. The second-order valence-corrected chi connectivity index (χ2v) is 7.28. The number of furan rings is 1. The Balaban J connectivity index is 2.08. The van der Waals surface area contributed by atoms with Crippen LogP contribution in [-0.2, 0) is 21.4 Å². The second-order valence-electron chi connectivity index (χ2n) is 5.30. The van der Waals surface area contributed by atoms with Gasteiger partial charge in [-0.05, 0) is 31.2 Å². The van der Waals surface area contributed by atoms with Crippen LogP contribution in [0.2, 0.25) is 0 Å². The van der Waals surface area contributed by atoms with Gasteiger partial charge < -0.3 is 9.73 Å². The van der Waals surface area contributed by atoms with Crippen molar-refractivity contribution >= 4 is 27.4 Å². The molecule has 2 rings (SSSR count). The highest BCUT2D eigenvalue weighted by atomic mass is 32.2. The van der Waals surface area contributed by atoms with Gasteiger partial charge in [0.1, 0.15) is 5.76 Å². The molecule has 1 aromatic carbocycles. The minimum Gasteiger partial charge on any atom is -0.468 e. The Bertz CT molecular complexity index is 828. The summed E-state index contributed by atoms with van der Waals surface area (Å²) in [6, 6.07) is 9.72. The lowest BCUT2D eigenvalue weighted by molar-refractivity contribution is -0.116. The van der Waals surface area contributed by atoms with E-state index in [9.17, 15) is 18.0 Å². The van der Waals surface area contributed by atoms with E-state index in [0.29, 0.717) is 17.0 Å². The number of amides is 1. The Hall–Kier alpha value is -2.45. The Morgan fingerprint density at radius 1 is 1.21 bits per heavy atom. The van der Waals surface area contributed by atoms with Gasteiger partial charge in [0.05, 0.1) is 25.6 Å². The van der Waals surface area contributed by atoms with Crippen LogP contribution in [0.25, 0.3) is 0 Å². The number of benzene rings is 1. The first-order valence-corrected chi connectivity index (χ1v) is 8.99. The van der Waals surface area contributed by atoms with Crippen molar-refractivity contribution in [3.63, 3.8) is 0 Å². The largest absolute Gasteiger partial charge is 0.468 e. The summed E-state index contributed by atoms with van der Waals surface area (Å²) in [6.45, 7) is 1.03. The van der Waals surface area contributed by atoms with Crippen LogP contribution >= 0.6 is 0 Å². The van der Waals surface area contributed by atoms with E-state index in [0.717, 1.165) is 10.6 Å². The summed E-state index contributed by atoms with van der Waals surface area (Å²) in [7, 11) is -3.59. The highest BCUT2D eigenvalue weighted by Gasteiger charge is 2.21. The molecule has 0 bridgehead atoms. The third-order valence-electron chi connectivity index (χ3n) is 3.25. The lowest BCUT2D eigenvalue weighted by Crippen LogP contribution is -2.36. The maximum absolute atomic E-state index is 12.1. The monoisotopic (exact) mass is 350 g/mol. The molecule has 8 heteroatoms. The zero-order valence-corrected chi connectivity index (χ0v) is 14.2. The molecular formula is C16H18N2O5S. The summed E-state index contributed by atoms with van der Waals surface area (Å²) in [6.07, 6.45) is 2.46. The summed E-state index contributed by atoms with van der Waals surface area (Å²) >= 11 is 0. The van der Waals surface area contributed by atoms with Gasteiger partial charge in [-0.1, -0.05) is 12.1 Å². The highest BCUT2D eigenvalue weighted by molar-refractivity contribution is 7.88. The SMILES string of the molecule is CC(=O)c1cccc(NC(=O)CN(Cc2ccco2)S(C)(=O)=O)c1. The van der Waals surface area contributed by atoms with Crippen LogP contribution in [0.3, 0.4) is 0 Å². The van der Waals surface area contributed by atoms with Crippen LogP contribution in [0.1, 0.15) is 23.0 Å². The Labute approximate surface area is 140 Å². The average Bonchev–Trinajstić information content (AvgIpc) is 2.99. The summed E-state index contributed by atoms with van der Waals surface area (Å²) < 4.78 is 29.8. The van der Waals surface area contributed by atoms with Crippen molar-refractivity contribution in [3.8, 4) is 0 Å². The van der Waals surface area contributed by atoms with Crippen molar-refractivity contribution in [1.29, 1.82) is 0 Å². The topological polar surface area (TPSA) is 96.7 Å². The summed E-state index contributed by atoms with van der Waals surface area (Å²) in [5, 5.41) is 2.59. The highest BCUT2D eigenvalue weighted by Crippen LogP contribution is 2.13. The molecule has 2 aromatic rings. The fourth-order valence-corrected chi connectivity index (χ4v) is 2.76. The number of carbonyl (C=O) groups is 2. The Kier molecular flexibility index (Phi) is 5.53. The fraction of sp³-hybridized carbons (Fsp3) is 0.250. The van der Waals surface area contributed by atoms with Crippen LogP contribution in [0, 0.1) is 0 Å². The Morgan fingerprint density at radius 3 is 2.54 bits per heavy atom. The molecule has 0 aliphatic carbocycles. The third-order valence-corrected chi connectivity index (χ3v) is 4.45. The molecular weight excluding hydrogens is 332 g/mol. The van der Waals surface area contributed by atoms with Crippen LogP contribution < -0.4 is 5.32 Å². The molecule has 0 saturated heterocycles. The van der Waals surface area contributed by atoms with E-state index >= 15 is 0 Å². The maximum atomic E-state index is 12.1. The van der Waals surface area contributed by atoms with Crippen LogP contribution in [-0.4, -0.2) is 37.2 Å². The number of Topliss-reactive ketones (excluding diaryl/α,β-unsaturated/α-hetero) is 1. The van der Waals surface area contributed by atoms with E-state index in [2.05, 4.69) is 5.32 Å². The molecule has 0 fully saturated rings. The normalized spacial score (nSPS) is 11.5. The van der Waals surface area contributed by atoms with Gasteiger partial charge in [-0.3, -0.25) is 9.59 Å². The molecule has 24 heavy (non-hydrogen) atoms. The van der Waals surface area contributed by atoms with Gasteiger partial charge in [-0.2, -0.15) is 4.31 Å². The van der Waals surface area contributed by atoms with Gasteiger partial charge in [0.2, 0.25) is 15.9 Å². The number of nitrogens with one attached hydrogen (secondary N) is 1. The summed E-state index contributed by atoms with van der Waals surface area (Å²) in [5.74, 6) is -0.193. The van der Waals surface area contributed by atoms with Crippen LogP contribution in [0.15, 0.2) is 47.1 Å². The molecule has 0 atom stereocenters. The number of nitrogens with zero attached hydrogens (tertiary/aromatic N) is 1. The summed E-state index contributed by atoms with van der Waals surface area (Å²) in [4.78, 5) is 23.5. The van der Waals surface area contributed by atoms with Gasteiger partial charge in [0, 0.05) is 11.3 Å². The number of sulfonamides is 1. The van der Waals surface area contributed by atoms with E-state index in [1.807, 2.05) is 0 Å². The minimum absolute atomic E-state index is 0.0350. The van der Waals surface area contributed by atoms with Gasteiger partial charge >= 0.3 is 0 Å². The minimum atomic E-state index is -3.59. The lowest BCUT2D eigenvalue weighted by Gasteiger charge is -2.18. The van der Waals surface area contributed by atoms with Crippen LogP contribution in [0.5, 0.6) is 0 Å². The number of ketones is 1. The number of anilines is 1. The quantitative estimate of drug-likeness (QED) is 0.769. The number of hydrogen-bond donors (Lipinski definition) is 1. The van der Waals surface area contributed by atoms with Gasteiger partial charge in [0.15, 0.2) is 5.78 Å². The Morgan fingerprint density at radius 2 is 1.96 bits per heavy atom. The van der Waals surface area contributed by atoms with Crippen molar-refractivity contribution in [3.05, 3.63) is 54.0 Å². The first-order valence-electron chi connectivity index (χ1n) is 7.14. The lowest BCUT2D eigenvalue weighted by atomic mass is 10.1. The third kappa shape index (κ3) is 5.04. The van der Waals surface area contributed by atoms with Crippen molar-refractivity contribution in [2.24, 2.45) is 0 Å². The molecule has 1 amide bonds. The predicted molar refractivity (Wildman–Crippen MR) is 89.0 cm³/mol. The standard InChI is InChI=1S/C16H18N2O5S/c1-12(19)13-5-3-6-14(9-13)17-16(20)11-18(24(2,21)22)10-15-7-4-8-23-15/h3-9H,10-11H2,1-2H3,(H,17,20). The number of rotatable bonds is 7. The molecule has 0 aliphatic rings. The fourth-order valence-electron chi connectivity index (χ4n) is 2.04. The van der Waals surface area contributed by atoms with Gasteiger partial charge in [-0.15, -0.1) is 0 Å². The maximum Gasteiger partial charge on any atom is 0.239 e. The van der Waals surface area contributed by atoms with E-state index < -0.39 is 15.9 Å². The van der Waals surface area contributed by atoms with Gasteiger partial charge in [-0.25, -0.2) is 8.42 Å². The number of carbonyl (C=O) groups excluding carboxylic acids is 2. The van der Waals surface area contributed by atoms with Crippen LogP contribution in [0.4, 0.5) is 5.69 Å². The zero-order valence-electron chi connectivity index (χ0n) is 13.4. The zero-order chi connectivity index (χ0) is 17.7. The van der Waals surface area contributed by atoms with Crippen molar-refractivity contribution < 1.29 is 22.4 Å². The van der Waals surface area contributed by atoms with E-state index in [4.69, 9.17) is 4.42 Å². The number of hydrogen-bond acceptors (Lipinski definition) is 5. The molecule has 0 unspecified atom stereocenters. The van der Waals surface area contributed by atoms with Crippen molar-refractivity contribution in [1.82, 2.24) is 4.31 Å².